The van der Waals surface area contributed by atoms with E-state index in [2.05, 4.69) is 0 Å². The molecule has 1 aromatic rings. The summed E-state index contributed by atoms with van der Waals surface area (Å²) in [6.07, 6.45) is 0. The number of hydrogen-bond acceptors (Lipinski definition) is 4. The molecule has 2 N–H and O–H groups in total. The third-order valence-electron chi connectivity index (χ3n) is 3.49. The van der Waals surface area contributed by atoms with E-state index < -0.39 is 0 Å². The fourth-order valence-electron chi connectivity index (χ4n) is 2.39. The largest absolute Gasteiger partial charge is 0.494 e. The van der Waals surface area contributed by atoms with E-state index in [4.69, 9.17) is 33.7 Å². The second-order valence-electron chi connectivity index (χ2n) is 5.01. The molecule has 1 aromatic carbocycles. The van der Waals surface area contributed by atoms with Crippen LogP contribution in [-0.2, 0) is 4.79 Å². The highest BCUT2D eigenvalue weighted by Gasteiger charge is 2.24. The second-order valence-corrected chi connectivity index (χ2v) is 5.82. The van der Waals surface area contributed by atoms with E-state index in [9.17, 15) is 9.59 Å². The lowest BCUT2D eigenvalue weighted by Gasteiger charge is -2.34. The van der Waals surface area contributed by atoms with Gasteiger partial charge < -0.3 is 15.4 Å². The van der Waals surface area contributed by atoms with Crippen LogP contribution in [0.2, 0.25) is 10.0 Å². The molecule has 1 saturated heterocycles. The molecule has 0 bridgehead atoms. The summed E-state index contributed by atoms with van der Waals surface area (Å²) in [5, 5.41) is 0.594. The monoisotopic (exact) mass is 345 g/mol. The highest BCUT2D eigenvalue weighted by molar-refractivity contribution is 6.37. The molecule has 0 atom stereocenters. The van der Waals surface area contributed by atoms with E-state index in [-0.39, 0.29) is 18.4 Å². The first-order valence-corrected chi connectivity index (χ1v) is 7.51. The predicted octanol–water partition coefficient (Wildman–Crippen LogP) is 1.25. The molecule has 8 heteroatoms. The van der Waals surface area contributed by atoms with Gasteiger partial charge in [-0.1, -0.05) is 23.2 Å². The van der Waals surface area contributed by atoms with E-state index >= 15 is 0 Å². The Bertz CT molecular complexity index is 564. The van der Waals surface area contributed by atoms with Gasteiger partial charge in [0.2, 0.25) is 5.91 Å². The number of halogens is 2. The average molecular weight is 346 g/mol. The first-order valence-electron chi connectivity index (χ1n) is 6.75. The molecule has 0 aliphatic carbocycles. The summed E-state index contributed by atoms with van der Waals surface area (Å²) >= 11 is 12.1. The maximum Gasteiger partial charge on any atom is 0.254 e. The van der Waals surface area contributed by atoms with Crippen LogP contribution in [0.25, 0.3) is 0 Å². The highest BCUT2D eigenvalue weighted by atomic mass is 35.5. The third kappa shape index (κ3) is 3.82. The van der Waals surface area contributed by atoms with Crippen molar-refractivity contribution in [3.05, 3.63) is 27.7 Å². The van der Waals surface area contributed by atoms with Crippen LogP contribution < -0.4 is 10.5 Å². The van der Waals surface area contributed by atoms with E-state index in [1.54, 1.807) is 17.0 Å². The molecule has 0 saturated carbocycles. The Hall–Kier alpha value is -1.50. The highest BCUT2D eigenvalue weighted by Crippen LogP contribution is 2.34. The molecule has 1 aliphatic heterocycles. The zero-order chi connectivity index (χ0) is 16.3. The predicted molar refractivity (Wildman–Crippen MR) is 84.6 cm³/mol. The molecule has 120 valence electrons. The van der Waals surface area contributed by atoms with Gasteiger partial charge in [-0.05, 0) is 12.1 Å². The number of hydrogen-bond donors (Lipinski definition) is 1. The van der Waals surface area contributed by atoms with Crippen LogP contribution in [0.1, 0.15) is 10.4 Å². The molecule has 6 nitrogen and oxygen atoms in total. The van der Waals surface area contributed by atoms with Crippen molar-refractivity contribution in [2.75, 3.05) is 39.8 Å². The van der Waals surface area contributed by atoms with Crippen molar-refractivity contribution >= 4 is 35.0 Å². The van der Waals surface area contributed by atoms with Crippen molar-refractivity contribution < 1.29 is 14.3 Å². The molecule has 2 rings (SSSR count). The minimum Gasteiger partial charge on any atom is -0.494 e. The lowest BCUT2D eigenvalue weighted by molar-refractivity contribution is -0.119. The Morgan fingerprint density at radius 2 is 1.73 bits per heavy atom. The SMILES string of the molecule is COc1c(Cl)cc(C(=O)N2CCN(CC(N)=O)CC2)cc1Cl. The van der Waals surface area contributed by atoms with Crippen LogP contribution in [0.15, 0.2) is 12.1 Å². The Balaban J connectivity index is 2.06. The number of primary amides is 1. The minimum absolute atomic E-state index is 0.148. The molecule has 1 heterocycles. The third-order valence-corrected chi connectivity index (χ3v) is 4.05. The van der Waals surface area contributed by atoms with Gasteiger partial charge in [0, 0.05) is 31.7 Å². The van der Waals surface area contributed by atoms with Crippen molar-refractivity contribution in [1.29, 1.82) is 0 Å². The zero-order valence-corrected chi connectivity index (χ0v) is 13.7. The van der Waals surface area contributed by atoms with Crippen LogP contribution in [0.5, 0.6) is 5.75 Å². The number of carbonyl (C=O) groups excluding carboxylic acids is 2. The van der Waals surface area contributed by atoms with Crippen LogP contribution in [0.3, 0.4) is 0 Å². The van der Waals surface area contributed by atoms with Crippen LogP contribution in [0, 0.1) is 0 Å². The zero-order valence-electron chi connectivity index (χ0n) is 12.1. The molecule has 1 aliphatic rings. The molecular formula is C14H17Cl2N3O3. The Labute approximate surface area is 138 Å². The first kappa shape index (κ1) is 16.9. The van der Waals surface area contributed by atoms with Crippen LogP contribution >= 0.6 is 23.2 Å². The average Bonchev–Trinajstić information content (AvgIpc) is 2.46. The van der Waals surface area contributed by atoms with Crippen molar-refractivity contribution in [2.45, 2.75) is 0 Å². The Morgan fingerprint density at radius 3 is 2.18 bits per heavy atom. The molecule has 2 amide bonds. The van der Waals surface area contributed by atoms with Gasteiger partial charge in [-0.3, -0.25) is 14.5 Å². The van der Waals surface area contributed by atoms with E-state index in [1.807, 2.05) is 4.90 Å². The topological polar surface area (TPSA) is 75.9 Å². The molecular weight excluding hydrogens is 329 g/mol. The Morgan fingerprint density at radius 1 is 1.18 bits per heavy atom. The van der Waals surface area contributed by atoms with Gasteiger partial charge in [0.25, 0.3) is 5.91 Å². The van der Waals surface area contributed by atoms with Crippen molar-refractivity contribution in [2.24, 2.45) is 5.73 Å². The maximum absolute atomic E-state index is 12.5. The van der Waals surface area contributed by atoms with Crippen molar-refractivity contribution in [1.82, 2.24) is 9.80 Å². The smallest absolute Gasteiger partial charge is 0.254 e. The van der Waals surface area contributed by atoms with Gasteiger partial charge in [-0.25, -0.2) is 0 Å². The van der Waals surface area contributed by atoms with Gasteiger partial charge in [0.1, 0.15) is 0 Å². The summed E-state index contributed by atoms with van der Waals surface area (Å²) in [4.78, 5) is 27.0. The quantitative estimate of drug-likeness (QED) is 0.890. The summed E-state index contributed by atoms with van der Waals surface area (Å²) in [5.74, 6) is -0.162. The second kappa shape index (κ2) is 7.17. The fraction of sp³-hybridized carbons (Fsp3) is 0.429. The van der Waals surface area contributed by atoms with Crippen molar-refractivity contribution in [3.8, 4) is 5.75 Å². The number of nitrogens with two attached hydrogens (primary N) is 1. The normalized spacial score (nSPS) is 15.7. The number of methoxy groups -OCH3 is 1. The minimum atomic E-state index is -0.367. The lowest BCUT2D eigenvalue weighted by Crippen LogP contribution is -2.50. The van der Waals surface area contributed by atoms with E-state index in [0.717, 1.165) is 0 Å². The molecule has 0 spiro atoms. The Kier molecular flexibility index (Phi) is 5.50. The fourth-order valence-corrected chi connectivity index (χ4v) is 3.03. The molecule has 1 fully saturated rings. The molecule has 0 radical (unpaired) electrons. The number of benzene rings is 1. The number of amides is 2. The van der Waals surface area contributed by atoms with E-state index in [0.29, 0.717) is 47.5 Å². The summed E-state index contributed by atoms with van der Waals surface area (Å²) < 4.78 is 5.07. The number of carbonyl (C=O) groups is 2. The summed E-state index contributed by atoms with van der Waals surface area (Å²) in [7, 11) is 1.46. The van der Waals surface area contributed by atoms with Crippen LogP contribution in [-0.4, -0.2) is 61.4 Å². The van der Waals surface area contributed by atoms with Gasteiger partial charge >= 0.3 is 0 Å². The number of rotatable bonds is 4. The van der Waals surface area contributed by atoms with Crippen LogP contribution in [0.4, 0.5) is 0 Å². The van der Waals surface area contributed by atoms with Gasteiger partial charge in [-0.15, -0.1) is 0 Å². The van der Waals surface area contributed by atoms with Crippen molar-refractivity contribution in [3.63, 3.8) is 0 Å². The lowest BCUT2D eigenvalue weighted by atomic mass is 10.1. The number of piperazine rings is 1. The first-order chi connectivity index (χ1) is 10.4. The number of nitrogens with zero attached hydrogens (tertiary/aromatic N) is 2. The van der Waals surface area contributed by atoms with E-state index in [1.165, 1.54) is 7.11 Å². The standard InChI is InChI=1S/C14H17Cl2N3O3/c1-22-13-10(15)6-9(7-11(13)16)14(21)19-4-2-18(3-5-19)8-12(17)20/h6-7H,2-5,8H2,1H3,(H2,17,20). The summed E-state index contributed by atoms with van der Waals surface area (Å²) in [6, 6.07) is 3.09. The van der Waals surface area contributed by atoms with Gasteiger partial charge in [-0.2, -0.15) is 0 Å². The summed E-state index contributed by atoms with van der Waals surface area (Å²) in [5.41, 5.74) is 5.58. The molecule has 0 aromatic heterocycles. The summed E-state index contributed by atoms with van der Waals surface area (Å²) in [6.45, 7) is 2.46. The maximum atomic E-state index is 12.5. The van der Waals surface area contributed by atoms with Gasteiger partial charge in [0.05, 0.1) is 23.7 Å². The molecule has 22 heavy (non-hydrogen) atoms. The van der Waals surface area contributed by atoms with Gasteiger partial charge in [0.15, 0.2) is 5.75 Å². The number of ether oxygens (including phenoxy) is 1. The molecule has 0 unspecified atom stereocenters.